The maximum absolute atomic E-state index is 12.6. The molecule has 1 aromatic heterocycles. The molecule has 0 saturated heterocycles. The van der Waals surface area contributed by atoms with Crippen molar-refractivity contribution in [1.29, 1.82) is 0 Å². The van der Waals surface area contributed by atoms with Crippen LogP contribution >= 0.6 is 11.3 Å². The van der Waals surface area contributed by atoms with Gasteiger partial charge in [-0.15, -0.1) is 10.2 Å². The van der Waals surface area contributed by atoms with Gasteiger partial charge >= 0.3 is 18.3 Å². The molecule has 0 fully saturated rings. The molecule has 2 aromatic rings. The van der Waals surface area contributed by atoms with Crippen LogP contribution in [0.1, 0.15) is 30.8 Å². The Hall–Kier alpha value is -3.53. The number of carboxylic acids is 1. The van der Waals surface area contributed by atoms with E-state index in [1.807, 2.05) is 44.2 Å². The number of aryl methyl sites for hydroxylation is 1. The second kappa shape index (κ2) is 14.4. The van der Waals surface area contributed by atoms with E-state index in [0.717, 1.165) is 11.6 Å². The number of alkyl halides is 6. The fraction of sp³-hybridized carbons (Fsp3) is 0.409. The van der Waals surface area contributed by atoms with E-state index in [0.29, 0.717) is 12.8 Å². The molecule has 38 heavy (non-hydrogen) atoms. The van der Waals surface area contributed by atoms with Crippen LogP contribution in [0.3, 0.4) is 0 Å². The third-order valence-electron chi connectivity index (χ3n) is 4.56. The molecule has 5 N–H and O–H groups in total. The lowest BCUT2D eigenvalue weighted by Crippen LogP contribution is -2.47. The van der Waals surface area contributed by atoms with Crippen LogP contribution in [0, 0.1) is 5.92 Å². The Morgan fingerprint density at radius 3 is 2.13 bits per heavy atom. The number of hydrogen-bond donors (Lipinski definition) is 4. The molecule has 0 aliphatic rings. The van der Waals surface area contributed by atoms with Gasteiger partial charge in [0.1, 0.15) is 0 Å². The number of hydrogen-bond acceptors (Lipinski definition) is 7. The fourth-order valence-electron chi connectivity index (χ4n) is 2.50. The minimum atomic E-state index is -5.08. The standard InChI is InChI=1S/C20H24F3N5O2S.C2HF3O2/c1-12(2)16(24)17(30)25-14(9-8-13-6-4-3-5-7-13)10-11-15(29)26-19-28-27-18(31-19)20(21,22)23;3-2(4,5)1(6)7/h3-7,10-12,14,16H,8-9,24H2,1-2H3,(H,25,30)(H,26,28,29);(H,6,7)/t14-,16-;/m0./s1. The largest absolute Gasteiger partial charge is 0.490 e. The molecule has 9 nitrogen and oxygen atoms in total. The molecule has 16 heteroatoms. The van der Waals surface area contributed by atoms with Crippen molar-refractivity contribution in [2.75, 3.05) is 5.32 Å². The van der Waals surface area contributed by atoms with Crippen LogP contribution in [-0.2, 0) is 27.0 Å². The van der Waals surface area contributed by atoms with Crippen molar-refractivity contribution < 1.29 is 45.8 Å². The maximum atomic E-state index is 12.6. The molecule has 0 radical (unpaired) electrons. The SMILES string of the molecule is CC(C)[C@H](N)C(=O)N[C@H](C=CC(=O)Nc1nnc(C(F)(F)F)s1)CCc1ccccc1.O=C(O)C(F)(F)F. The summed E-state index contributed by atoms with van der Waals surface area (Å²) in [7, 11) is 0. The van der Waals surface area contributed by atoms with Gasteiger partial charge in [0.15, 0.2) is 0 Å². The van der Waals surface area contributed by atoms with Crippen LogP contribution in [0.5, 0.6) is 0 Å². The summed E-state index contributed by atoms with van der Waals surface area (Å²) < 4.78 is 69.5. The lowest BCUT2D eigenvalue weighted by molar-refractivity contribution is -0.192. The number of nitrogens with two attached hydrogens (primary N) is 1. The molecule has 0 aliphatic carbocycles. The normalized spacial score (nSPS) is 13.4. The number of carbonyl (C=O) groups is 3. The highest BCUT2D eigenvalue weighted by atomic mass is 32.1. The van der Waals surface area contributed by atoms with Gasteiger partial charge in [0.2, 0.25) is 22.0 Å². The van der Waals surface area contributed by atoms with Gasteiger partial charge in [0.05, 0.1) is 6.04 Å². The van der Waals surface area contributed by atoms with Gasteiger partial charge in [-0.05, 0) is 24.3 Å². The van der Waals surface area contributed by atoms with Crippen LogP contribution in [0.25, 0.3) is 0 Å². The summed E-state index contributed by atoms with van der Waals surface area (Å²) in [5.41, 5.74) is 6.95. The van der Waals surface area contributed by atoms with Crippen molar-refractivity contribution in [3.05, 3.63) is 53.1 Å². The first kappa shape index (κ1) is 32.5. The van der Waals surface area contributed by atoms with Gasteiger partial charge in [-0.3, -0.25) is 14.9 Å². The second-order valence-corrected chi connectivity index (χ2v) is 8.95. The fourth-order valence-corrected chi connectivity index (χ4v) is 3.12. The first-order valence-electron chi connectivity index (χ1n) is 10.8. The van der Waals surface area contributed by atoms with E-state index in [1.54, 1.807) is 0 Å². The summed E-state index contributed by atoms with van der Waals surface area (Å²) in [6.45, 7) is 3.65. The summed E-state index contributed by atoms with van der Waals surface area (Å²) in [5.74, 6) is -3.86. The molecule has 0 bridgehead atoms. The second-order valence-electron chi connectivity index (χ2n) is 7.97. The summed E-state index contributed by atoms with van der Waals surface area (Å²) in [6.07, 6.45) is -5.94. The van der Waals surface area contributed by atoms with Crippen molar-refractivity contribution in [2.24, 2.45) is 11.7 Å². The Kier molecular flexibility index (Phi) is 12.3. The van der Waals surface area contributed by atoms with Gasteiger partial charge < -0.3 is 16.2 Å². The van der Waals surface area contributed by atoms with Crippen molar-refractivity contribution in [3.8, 4) is 0 Å². The number of nitrogens with zero attached hydrogens (tertiary/aromatic N) is 2. The highest BCUT2D eigenvalue weighted by Gasteiger charge is 2.38. The molecule has 1 heterocycles. The maximum Gasteiger partial charge on any atom is 0.490 e. The van der Waals surface area contributed by atoms with E-state index < -0.39 is 41.3 Å². The molecule has 2 atom stereocenters. The summed E-state index contributed by atoms with van der Waals surface area (Å²) >= 11 is 0.228. The van der Waals surface area contributed by atoms with Gasteiger partial charge in [-0.2, -0.15) is 26.3 Å². The van der Waals surface area contributed by atoms with E-state index in [-0.39, 0.29) is 28.3 Å². The van der Waals surface area contributed by atoms with Crippen molar-refractivity contribution in [1.82, 2.24) is 15.5 Å². The number of carboxylic acid groups (broad SMARTS) is 1. The zero-order valence-electron chi connectivity index (χ0n) is 20.0. The Labute approximate surface area is 217 Å². The number of aromatic nitrogens is 2. The van der Waals surface area contributed by atoms with E-state index >= 15 is 0 Å². The van der Waals surface area contributed by atoms with Crippen LogP contribution in [-0.4, -0.2) is 51.3 Å². The number of anilines is 1. The topological polar surface area (TPSA) is 147 Å². The number of aliphatic carboxylic acids is 1. The summed E-state index contributed by atoms with van der Waals surface area (Å²) in [6, 6.07) is 8.39. The van der Waals surface area contributed by atoms with Crippen molar-refractivity contribution in [2.45, 2.75) is 51.1 Å². The molecule has 0 aliphatic heterocycles. The molecular formula is C22H25F6N5O4S. The highest BCUT2D eigenvalue weighted by Crippen LogP contribution is 2.32. The third kappa shape index (κ3) is 12.1. The lowest BCUT2D eigenvalue weighted by atomic mass is 10.0. The Morgan fingerprint density at radius 2 is 1.66 bits per heavy atom. The minimum absolute atomic E-state index is 0.0673. The molecule has 0 saturated carbocycles. The van der Waals surface area contributed by atoms with Crippen LogP contribution in [0.4, 0.5) is 31.5 Å². The monoisotopic (exact) mass is 569 g/mol. The van der Waals surface area contributed by atoms with E-state index in [1.165, 1.54) is 6.08 Å². The first-order chi connectivity index (χ1) is 17.5. The van der Waals surface area contributed by atoms with E-state index in [4.69, 9.17) is 15.6 Å². The Bertz CT molecular complexity index is 1090. The van der Waals surface area contributed by atoms with Gasteiger partial charge in [0, 0.05) is 12.1 Å². The third-order valence-corrected chi connectivity index (χ3v) is 5.44. The predicted molar refractivity (Wildman–Crippen MR) is 126 cm³/mol. The average Bonchev–Trinajstić information content (AvgIpc) is 3.29. The zero-order valence-corrected chi connectivity index (χ0v) is 20.8. The van der Waals surface area contributed by atoms with E-state index in [9.17, 15) is 35.9 Å². The van der Waals surface area contributed by atoms with Crippen molar-refractivity contribution >= 4 is 34.3 Å². The highest BCUT2D eigenvalue weighted by molar-refractivity contribution is 7.15. The van der Waals surface area contributed by atoms with Gasteiger partial charge in [-0.1, -0.05) is 61.6 Å². The summed E-state index contributed by atoms with van der Waals surface area (Å²) in [5, 5.41) is 17.1. The number of amides is 2. The smallest absolute Gasteiger partial charge is 0.475 e. The number of rotatable bonds is 9. The minimum Gasteiger partial charge on any atom is -0.475 e. The van der Waals surface area contributed by atoms with Gasteiger partial charge in [-0.25, -0.2) is 4.79 Å². The number of nitrogens with one attached hydrogen (secondary N) is 2. The molecule has 210 valence electrons. The van der Waals surface area contributed by atoms with E-state index in [2.05, 4.69) is 20.8 Å². The Balaban J connectivity index is 0.000000905. The van der Waals surface area contributed by atoms with Crippen molar-refractivity contribution in [3.63, 3.8) is 0 Å². The molecule has 2 rings (SSSR count). The molecule has 2 amide bonds. The first-order valence-corrected chi connectivity index (χ1v) is 11.6. The average molecular weight is 570 g/mol. The van der Waals surface area contributed by atoms with Crippen LogP contribution < -0.4 is 16.4 Å². The molecule has 0 spiro atoms. The van der Waals surface area contributed by atoms with Gasteiger partial charge in [0.25, 0.3) is 0 Å². The number of halogens is 6. The molecule has 1 aromatic carbocycles. The molecular weight excluding hydrogens is 544 g/mol. The summed E-state index contributed by atoms with van der Waals surface area (Å²) in [4.78, 5) is 33.3. The van der Waals surface area contributed by atoms with Crippen LogP contribution in [0.15, 0.2) is 42.5 Å². The lowest BCUT2D eigenvalue weighted by Gasteiger charge is -2.20. The Morgan fingerprint density at radius 1 is 1.08 bits per heavy atom. The number of carbonyl (C=O) groups excluding carboxylic acids is 2. The quantitative estimate of drug-likeness (QED) is 0.265. The number of benzene rings is 1. The molecule has 0 unspecified atom stereocenters. The zero-order chi connectivity index (χ0) is 29.1. The van der Waals surface area contributed by atoms with Crippen LogP contribution in [0.2, 0.25) is 0 Å². The predicted octanol–water partition coefficient (Wildman–Crippen LogP) is 3.79.